The number of halogens is 4. The zero-order valence-electron chi connectivity index (χ0n) is 21.1. The molecule has 0 unspecified atom stereocenters. The summed E-state index contributed by atoms with van der Waals surface area (Å²) in [5.41, 5.74) is 0.383. The van der Waals surface area contributed by atoms with Crippen molar-refractivity contribution in [3.05, 3.63) is 40.2 Å². The summed E-state index contributed by atoms with van der Waals surface area (Å²) in [5.74, 6) is -2.45. The maximum absolute atomic E-state index is 13.1. The second-order valence-corrected chi connectivity index (χ2v) is 11.6. The molecule has 2 saturated carbocycles. The Balaban J connectivity index is 1.02. The normalized spacial score (nSPS) is 24.2. The molecule has 0 spiro atoms. The third-order valence-electron chi connectivity index (χ3n) is 7.82. The van der Waals surface area contributed by atoms with Gasteiger partial charge in [0.15, 0.2) is 0 Å². The fourth-order valence-corrected chi connectivity index (χ4v) is 6.51. The maximum atomic E-state index is 13.1. The molecule has 1 aliphatic heterocycles. The summed E-state index contributed by atoms with van der Waals surface area (Å²) >= 11 is 1.50. The van der Waals surface area contributed by atoms with Gasteiger partial charge in [-0.3, -0.25) is 9.78 Å². The average Bonchev–Trinajstić information content (AvgIpc) is 3.17. The van der Waals surface area contributed by atoms with Crippen molar-refractivity contribution in [2.45, 2.75) is 76.2 Å². The lowest BCUT2D eigenvalue weighted by molar-refractivity contribution is -0.134. The molecule has 0 aromatic carbocycles. The summed E-state index contributed by atoms with van der Waals surface area (Å²) in [7, 11) is 0. The van der Waals surface area contributed by atoms with Crippen molar-refractivity contribution < 1.29 is 27.1 Å². The Morgan fingerprint density at radius 2 is 1.97 bits per heavy atom. The largest absolute Gasteiger partial charge is 0.466 e. The zero-order valence-corrected chi connectivity index (χ0v) is 21.9. The molecule has 3 aliphatic rings. The van der Waals surface area contributed by atoms with Crippen LogP contribution in [0.2, 0.25) is 0 Å². The van der Waals surface area contributed by atoms with E-state index in [4.69, 9.17) is 4.74 Å². The second kappa shape index (κ2) is 11.8. The van der Waals surface area contributed by atoms with Gasteiger partial charge in [0.25, 0.3) is 23.4 Å². The molecule has 2 aromatic heterocycles. The van der Waals surface area contributed by atoms with Crippen LogP contribution in [0.25, 0.3) is 0 Å². The standard InChI is InChI=1S/C27H32F4N4O2S/c28-24(29)23-20(2-1-10-32-23)25(36)33-16-18-5-3-17(4-6-18)7-11-35-12-8-21-22(9-13-35)38-26(34-21)37-19-14-27(30,31)15-19/h1-2,10,16-19,24H,3-9,11-15H2/b33-16+. The van der Waals surface area contributed by atoms with Crippen molar-refractivity contribution in [3.63, 3.8) is 0 Å². The number of alkyl halides is 4. The molecular weight excluding hydrogens is 520 g/mol. The van der Waals surface area contributed by atoms with Gasteiger partial charge in [-0.25, -0.2) is 27.5 Å². The quantitative estimate of drug-likeness (QED) is 0.290. The first-order valence-corrected chi connectivity index (χ1v) is 14.1. The fourth-order valence-electron chi connectivity index (χ4n) is 5.50. The third kappa shape index (κ3) is 6.77. The van der Waals surface area contributed by atoms with Crippen LogP contribution in [-0.4, -0.2) is 58.7 Å². The Morgan fingerprint density at radius 1 is 1.21 bits per heavy atom. The second-order valence-electron chi connectivity index (χ2n) is 10.6. The third-order valence-corrected chi connectivity index (χ3v) is 8.87. The van der Waals surface area contributed by atoms with Crippen molar-refractivity contribution in [3.8, 4) is 5.19 Å². The Hall–Kier alpha value is -2.40. The van der Waals surface area contributed by atoms with Crippen molar-refractivity contribution in [2.24, 2.45) is 16.8 Å². The number of fused-ring (bicyclic) bond motifs is 1. The molecule has 0 bridgehead atoms. The van der Waals surface area contributed by atoms with Crippen molar-refractivity contribution >= 4 is 23.5 Å². The number of aromatic nitrogens is 2. The Kier molecular flexibility index (Phi) is 8.42. The number of pyridine rings is 1. The lowest BCUT2D eigenvalue weighted by Crippen LogP contribution is -2.43. The molecule has 5 rings (SSSR count). The summed E-state index contributed by atoms with van der Waals surface area (Å²) in [4.78, 5) is 28.2. The lowest BCUT2D eigenvalue weighted by atomic mass is 9.81. The minimum atomic E-state index is -2.81. The lowest BCUT2D eigenvalue weighted by Gasteiger charge is -2.33. The van der Waals surface area contributed by atoms with E-state index < -0.39 is 30.1 Å². The smallest absolute Gasteiger partial charge is 0.281 e. The van der Waals surface area contributed by atoms with Crippen LogP contribution < -0.4 is 4.74 Å². The molecule has 1 amide bonds. The highest BCUT2D eigenvalue weighted by atomic mass is 32.1. The van der Waals surface area contributed by atoms with Gasteiger partial charge in [-0.05, 0) is 69.0 Å². The summed E-state index contributed by atoms with van der Waals surface area (Å²) in [5, 5.41) is 0.529. The molecule has 3 heterocycles. The number of aliphatic imine (C=N–C) groups is 1. The number of carbonyl (C=O) groups is 1. The van der Waals surface area contributed by atoms with Crippen molar-refractivity contribution in [2.75, 3.05) is 19.6 Å². The summed E-state index contributed by atoms with van der Waals surface area (Å²) < 4.78 is 58.0. The highest BCUT2D eigenvalue weighted by molar-refractivity contribution is 7.13. The number of amides is 1. The Bertz CT molecular complexity index is 1120. The molecule has 2 aromatic rings. The molecular formula is C27H32F4N4O2S. The topological polar surface area (TPSA) is 67.7 Å². The Labute approximate surface area is 223 Å². The van der Waals surface area contributed by atoms with E-state index in [9.17, 15) is 22.4 Å². The summed E-state index contributed by atoms with van der Waals surface area (Å²) in [6.45, 7) is 2.90. The molecule has 2 fully saturated rings. The van der Waals surface area contributed by atoms with Crippen LogP contribution in [0, 0.1) is 11.8 Å². The van der Waals surface area contributed by atoms with Crippen LogP contribution in [0.3, 0.4) is 0 Å². The van der Waals surface area contributed by atoms with Gasteiger partial charge in [-0.1, -0.05) is 11.3 Å². The number of hydrogen-bond donors (Lipinski definition) is 0. The van der Waals surface area contributed by atoms with Gasteiger partial charge in [0.05, 0.1) is 11.3 Å². The number of rotatable bonds is 8. The van der Waals surface area contributed by atoms with Crippen molar-refractivity contribution in [1.29, 1.82) is 0 Å². The molecule has 38 heavy (non-hydrogen) atoms. The van der Waals surface area contributed by atoms with E-state index in [1.165, 1.54) is 34.5 Å². The minimum absolute atomic E-state index is 0.138. The van der Waals surface area contributed by atoms with Gasteiger partial charge in [0, 0.05) is 49.6 Å². The maximum Gasteiger partial charge on any atom is 0.281 e. The van der Waals surface area contributed by atoms with Gasteiger partial charge >= 0.3 is 0 Å². The molecule has 206 valence electrons. The average molecular weight is 553 g/mol. The first kappa shape index (κ1) is 27.2. The van der Waals surface area contributed by atoms with E-state index in [0.717, 1.165) is 70.3 Å². The fraction of sp³-hybridized carbons (Fsp3) is 0.630. The van der Waals surface area contributed by atoms with Gasteiger partial charge in [-0.15, -0.1) is 0 Å². The first-order valence-electron chi connectivity index (χ1n) is 13.3. The Morgan fingerprint density at radius 3 is 2.71 bits per heavy atom. The predicted octanol–water partition coefficient (Wildman–Crippen LogP) is 6.16. The van der Waals surface area contributed by atoms with Gasteiger partial charge in [0.1, 0.15) is 11.8 Å². The minimum Gasteiger partial charge on any atom is -0.466 e. The van der Waals surface area contributed by atoms with E-state index in [1.807, 2.05) is 0 Å². The van der Waals surface area contributed by atoms with Crippen LogP contribution in [0.1, 0.15) is 78.0 Å². The number of thiazole rings is 1. The molecule has 0 saturated heterocycles. The molecule has 11 heteroatoms. The van der Waals surface area contributed by atoms with Gasteiger partial charge < -0.3 is 9.64 Å². The van der Waals surface area contributed by atoms with Crippen molar-refractivity contribution in [1.82, 2.24) is 14.9 Å². The number of nitrogens with zero attached hydrogens (tertiary/aromatic N) is 4. The van der Waals surface area contributed by atoms with Crippen LogP contribution in [-0.2, 0) is 12.8 Å². The van der Waals surface area contributed by atoms with Crippen LogP contribution in [0.15, 0.2) is 23.3 Å². The van der Waals surface area contributed by atoms with Crippen LogP contribution >= 0.6 is 11.3 Å². The first-order chi connectivity index (χ1) is 18.3. The highest BCUT2D eigenvalue weighted by Gasteiger charge is 2.47. The van der Waals surface area contributed by atoms with Gasteiger partial charge in [0.2, 0.25) is 0 Å². The number of hydrogen-bond acceptors (Lipinski definition) is 6. The zero-order chi connectivity index (χ0) is 26.7. The van der Waals surface area contributed by atoms with E-state index >= 15 is 0 Å². The predicted molar refractivity (Wildman–Crippen MR) is 137 cm³/mol. The number of carbonyl (C=O) groups excluding carboxylic acids is 1. The SMILES string of the molecule is O=C(/N=C/C1CCC(CCN2CCc3nc(OC4CC(F)(F)C4)sc3CC2)CC1)c1cccnc1C(F)F. The van der Waals surface area contributed by atoms with E-state index in [-0.39, 0.29) is 24.3 Å². The highest BCUT2D eigenvalue weighted by Crippen LogP contribution is 2.41. The van der Waals surface area contributed by atoms with E-state index in [0.29, 0.717) is 11.1 Å². The van der Waals surface area contributed by atoms with E-state index in [1.54, 1.807) is 6.21 Å². The molecule has 0 atom stereocenters. The molecule has 6 nitrogen and oxygen atoms in total. The van der Waals surface area contributed by atoms with Crippen LogP contribution in [0.4, 0.5) is 17.6 Å². The molecule has 0 radical (unpaired) electrons. The summed E-state index contributed by atoms with van der Waals surface area (Å²) in [6, 6.07) is 2.81. The molecule has 2 aliphatic carbocycles. The van der Waals surface area contributed by atoms with E-state index in [2.05, 4.69) is 19.9 Å². The summed E-state index contributed by atoms with van der Waals surface area (Å²) in [6.07, 6.45) is 6.07. The van der Waals surface area contributed by atoms with Crippen LogP contribution in [0.5, 0.6) is 5.19 Å². The number of ether oxygens (including phenoxy) is 1. The molecule has 0 N–H and O–H groups in total. The van der Waals surface area contributed by atoms with Gasteiger partial charge in [-0.2, -0.15) is 0 Å². The monoisotopic (exact) mass is 552 g/mol.